The third-order valence-corrected chi connectivity index (χ3v) is 19.2. The van der Waals surface area contributed by atoms with Gasteiger partial charge in [0.1, 0.15) is 24.4 Å². The van der Waals surface area contributed by atoms with Crippen LogP contribution in [-0.4, -0.2) is 156 Å². The molecule has 3 amide bonds. The first-order chi connectivity index (χ1) is 39.3. The quantitative estimate of drug-likeness (QED) is 0.145. The number of anilines is 1. The summed E-state index contributed by atoms with van der Waals surface area (Å²) in [6.45, 7) is 21.2. The van der Waals surface area contributed by atoms with Gasteiger partial charge in [-0.1, -0.05) is 51.3 Å². The van der Waals surface area contributed by atoms with E-state index in [9.17, 15) is 9.59 Å². The molecule has 2 aromatic carbocycles. The SMILES string of the molecule is CCn1c(-c2cc(N3CCN4CCCC[C@@H]4C3)cnc2[C@H](C)OC)c2c3cc(ccc31)-c1cc(CF)cc(c1)C[C@H](NC(=O)[C@H](C1CCCC1)N1CC[C@]3(CCN(C(=O)OC(C)(C)C)C3)C1)C(=O)N1CCC[C@H](N1)C(=O)OCC(C)(C)C2. The summed E-state index contributed by atoms with van der Waals surface area (Å²) in [6, 6.07) is 12.8. The van der Waals surface area contributed by atoms with Gasteiger partial charge >= 0.3 is 12.1 Å². The van der Waals surface area contributed by atoms with Crippen molar-refractivity contribution in [2.75, 3.05) is 77.5 Å². The number of rotatable bonds is 10. The highest BCUT2D eigenvalue weighted by atomic mass is 19.1. The van der Waals surface area contributed by atoms with Gasteiger partial charge in [-0.25, -0.2) is 14.6 Å². The third-order valence-electron chi connectivity index (χ3n) is 19.2. The molecule has 0 radical (unpaired) electrons. The number of piperazine rings is 1. The summed E-state index contributed by atoms with van der Waals surface area (Å²) < 4.78 is 35.9. The number of hydrogen-bond donors (Lipinski definition) is 2. The maximum absolute atomic E-state index is 15.4. The van der Waals surface area contributed by atoms with Gasteiger partial charge in [-0.05, 0) is 163 Å². The number of carbonyl (C=O) groups is 4. The Morgan fingerprint density at radius 1 is 0.915 bits per heavy atom. The molecule has 2 N–H and O–H groups in total. The van der Waals surface area contributed by atoms with Gasteiger partial charge in [0.2, 0.25) is 5.91 Å². The number of carbonyl (C=O) groups excluding carboxylic acids is 4. The second kappa shape index (κ2) is 23.8. The maximum atomic E-state index is 15.4. The fraction of sp³-hybridized carbons (Fsp3) is 0.646. The van der Waals surface area contributed by atoms with E-state index in [-0.39, 0.29) is 48.4 Å². The molecule has 0 unspecified atom stereocenters. The van der Waals surface area contributed by atoms with Crippen molar-refractivity contribution in [2.24, 2.45) is 16.7 Å². The van der Waals surface area contributed by atoms with E-state index in [1.165, 1.54) is 24.3 Å². The van der Waals surface area contributed by atoms with Crippen LogP contribution in [0.15, 0.2) is 48.7 Å². The Labute approximate surface area is 485 Å². The smallest absolute Gasteiger partial charge is 0.410 e. The number of hydrogen-bond acceptors (Lipinski definition) is 12. The van der Waals surface area contributed by atoms with E-state index in [0.717, 1.165) is 115 Å². The third kappa shape index (κ3) is 12.2. The van der Waals surface area contributed by atoms with Gasteiger partial charge < -0.3 is 33.9 Å². The Hall–Kier alpha value is -5.62. The predicted octanol–water partition coefficient (Wildman–Crippen LogP) is 9.78. The van der Waals surface area contributed by atoms with E-state index in [2.05, 4.69) is 82.0 Å². The van der Waals surface area contributed by atoms with Gasteiger partial charge in [-0.15, -0.1) is 0 Å². The standard InChI is InChI=1S/C65H90FN9O7/c1-9-74-55-20-19-46-33-50(55)52(58(74)51-34-49(37-67-56(51)42(2)80-8)71-28-27-70-23-13-12-17-48(70)38-71)35-64(6,7)41-81-61(78)53-18-14-24-75(69-53)60(77)54(32-43-29-44(36-66)31-47(46)30-43)68-59(76)57(45-15-10-11-16-45)72-25-21-65(39-72)22-26-73(40-65)62(79)82-63(3,4)5/h19-20,29-31,33-34,37,42,45,48,53-54,57,69H,9-18,21-28,32,35-36,38-41H2,1-8H3,(H,68,76)/t42-,48+,53-,54-,57-,65-/m0/s1. The monoisotopic (exact) mass is 1130 g/mol. The minimum absolute atomic E-state index is 0.0984. The number of esters is 1. The molecule has 17 heteroatoms. The lowest BCUT2D eigenvalue weighted by Gasteiger charge is -2.45. The largest absolute Gasteiger partial charge is 0.464 e. The number of aryl methyl sites for hydroxylation is 1. The van der Waals surface area contributed by atoms with Crippen molar-refractivity contribution >= 4 is 40.5 Å². The number of nitrogens with one attached hydrogen (secondary N) is 2. The zero-order valence-electron chi connectivity index (χ0n) is 50.1. The van der Waals surface area contributed by atoms with Crippen LogP contribution >= 0.6 is 0 Å². The van der Waals surface area contributed by atoms with Crippen LogP contribution in [0.5, 0.6) is 0 Å². The van der Waals surface area contributed by atoms with E-state index in [4.69, 9.17) is 19.2 Å². The molecule has 444 valence electrons. The molecular formula is C65H90FN9O7. The molecule has 6 bridgehead atoms. The average Bonchev–Trinajstić information content (AvgIpc) is 3.42. The van der Waals surface area contributed by atoms with Crippen LogP contribution in [0.2, 0.25) is 0 Å². The molecule has 1 aliphatic carbocycles. The van der Waals surface area contributed by atoms with Crippen molar-refractivity contribution in [1.82, 2.24) is 40.0 Å². The minimum atomic E-state index is -1.04. The normalized spacial score (nSPS) is 25.8. The molecule has 2 aromatic heterocycles. The summed E-state index contributed by atoms with van der Waals surface area (Å²) in [5, 5.41) is 5.87. The van der Waals surface area contributed by atoms with Gasteiger partial charge in [0, 0.05) is 99.2 Å². The summed E-state index contributed by atoms with van der Waals surface area (Å²) in [7, 11) is 1.73. The van der Waals surface area contributed by atoms with Gasteiger partial charge in [0.25, 0.3) is 5.91 Å². The fourth-order valence-electron chi connectivity index (χ4n) is 15.0. The molecule has 1 saturated carbocycles. The lowest BCUT2D eigenvalue weighted by Crippen LogP contribution is -2.62. The summed E-state index contributed by atoms with van der Waals surface area (Å²) in [6.07, 6.45) is 12.4. The van der Waals surface area contributed by atoms with Crippen LogP contribution in [0, 0.1) is 16.7 Å². The number of benzene rings is 2. The molecular weight excluding hydrogens is 1040 g/mol. The predicted molar refractivity (Wildman–Crippen MR) is 317 cm³/mol. The Morgan fingerprint density at radius 3 is 2.48 bits per heavy atom. The number of ether oxygens (including phenoxy) is 3. The van der Waals surface area contributed by atoms with Crippen LogP contribution in [0.3, 0.4) is 0 Å². The number of pyridine rings is 1. The Bertz CT molecular complexity index is 3020. The number of methoxy groups -OCH3 is 1. The molecule has 7 aliphatic rings. The lowest BCUT2D eigenvalue weighted by atomic mass is 9.84. The Morgan fingerprint density at radius 2 is 1.71 bits per heavy atom. The second-order valence-corrected chi connectivity index (χ2v) is 27.0. The highest BCUT2D eigenvalue weighted by molar-refractivity contribution is 5.96. The number of hydrazine groups is 1. The van der Waals surface area contributed by atoms with Crippen LogP contribution in [-0.2, 0) is 54.7 Å². The highest BCUT2D eigenvalue weighted by Crippen LogP contribution is 2.45. The van der Waals surface area contributed by atoms with E-state index in [1.807, 2.05) is 50.1 Å². The molecule has 16 nitrogen and oxygen atoms in total. The second-order valence-electron chi connectivity index (χ2n) is 27.0. The fourth-order valence-corrected chi connectivity index (χ4v) is 15.0. The van der Waals surface area contributed by atoms with Gasteiger partial charge in [-0.2, -0.15) is 0 Å². The number of halogens is 1. The zero-order valence-corrected chi connectivity index (χ0v) is 50.1. The van der Waals surface area contributed by atoms with Crippen molar-refractivity contribution in [2.45, 2.75) is 181 Å². The number of amides is 3. The Balaban J connectivity index is 0.972. The highest BCUT2D eigenvalue weighted by Gasteiger charge is 2.50. The van der Waals surface area contributed by atoms with Gasteiger partial charge in [-0.3, -0.25) is 34.2 Å². The van der Waals surface area contributed by atoms with Gasteiger partial charge in [0.05, 0.1) is 42.0 Å². The van der Waals surface area contributed by atoms with Crippen molar-refractivity contribution in [3.05, 3.63) is 71.0 Å². The molecule has 4 aromatic rings. The number of fused-ring (bicyclic) bond motifs is 7. The lowest BCUT2D eigenvalue weighted by molar-refractivity contribution is -0.155. The molecule has 6 atom stereocenters. The van der Waals surface area contributed by atoms with Crippen LogP contribution in [0.25, 0.3) is 33.3 Å². The molecule has 82 heavy (non-hydrogen) atoms. The van der Waals surface area contributed by atoms with Crippen LogP contribution in [0.1, 0.15) is 148 Å². The minimum Gasteiger partial charge on any atom is -0.464 e. The molecule has 8 heterocycles. The first-order valence-electron chi connectivity index (χ1n) is 30.9. The van der Waals surface area contributed by atoms with E-state index in [0.29, 0.717) is 75.7 Å². The number of cyclic esters (lactones) is 1. The number of aromatic nitrogens is 2. The number of nitrogens with zero attached hydrogens (tertiary/aromatic N) is 7. The zero-order chi connectivity index (χ0) is 57.7. The van der Waals surface area contributed by atoms with Crippen molar-refractivity contribution in [1.29, 1.82) is 0 Å². The van der Waals surface area contributed by atoms with Crippen LogP contribution in [0.4, 0.5) is 14.9 Å². The summed E-state index contributed by atoms with van der Waals surface area (Å²) in [5.74, 6) is -0.893. The number of alkyl halides is 1. The molecule has 6 aliphatic heterocycles. The van der Waals surface area contributed by atoms with Crippen molar-refractivity contribution in [3.63, 3.8) is 0 Å². The van der Waals surface area contributed by atoms with E-state index >= 15 is 14.0 Å². The maximum Gasteiger partial charge on any atom is 0.410 e. The topological polar surface area (TPSA) is 154 Å². The molecule has 11 rings (SSSR count). The van der Waals surface area contributed by atoms with Crippen LogP contribution < -0.4 is 15.6 Å². The van der Waals surface area contributed by atoms with Crippen molar-refractivity contribution < 1.29 is 37.8 Å². The Kier molecular flexibility index (Phi) is 16.9. The summed E-state index contributed by atoms with van der Waals surface area (Å²) in [5.41, 5.74) is 11.0. The number of likely N-dealkylation sites (tertiary alicyclic amines) is 2. The van der Waals surface area contributed by atoms with E-state index < -0.39 is 41.8 Å². The molecule has 1 spiro atoms. The summed E-state index contributed by atoms with van der Waals surface area (Å²) >= 11 is 0. The molecule has 6 fully saturated rings. The first-order valence-corrected chi connectivity index (χ1v) is 30.9. The van der Waals surface area contributed by atoms with Gasteiger partial charge in [0.15, 0.2) is 0 Å². The summed E-state index contributed by atoms with van der Waals surface area (Å²) in [4.78, 5) is 72.7. The van der Waals surface area contributed by atoms with Crippen molar-refractivity contribution in [3.8, 4) is 22.4 Å². The average molecular weight is 1130 g/mol. The first kappa shape index (κ1) is 58.2. The van der Waals surface area contributed by atoms with E-state index in [1.54, 1.807) is 7.11 Å². The number of piperidine rings is 1. The molecule has 5 saturated heterocycles.